The predicted molar refractivity (Wildman–Crippen MR) is 96.0 cm³/mol. The summed E-state index contributed by atoms with van der Waals surface area (Å²) in [5.41, 5.74) is 0.804. The standard InChI is InChI=1S/C16H21N5O3S/c1-11(2)24-14-5-3-12(4-6-14)19-16-20-15(9-17-21-16)18-13-7-8-25(22,23)10-13/h3-6,9,11,13H,7-8,10H2,1-2H3,(H2,18,19,20,21). The Labute approximate surface area is 147 Å². The highest BCUT2D eigenvalue weighted by Crippen LogP contribution is 2.20. The molecule has 1 saturated heterocycles. The van der Waals surface area contributed by atoms with Crippen LogP contribution in [0.15, 0.2) is 30.5 Å². The van der Waals surface area contributed by atoms with Crippen LogP contribution in [-0.4, -0.2) is 47.3 Å². The molecule has 0 radical (unpaired) electrons. The largest absolute Gasteiger partial charge is 0.491 e. The molecular weight excluding hydrogens is 342 g/mol. The van der Waals surface area contributed by atoms with Crippen molar-refractivity contribution in [2.45, 2.75) is 32.4 Å². The first kappa shape index (κ1) is 17.4. The van der Waals surface area contributed by atoms with E-state index in [0.29, 0.717) is 18.2 Å². The zero-order chi connectivity index (χ0) is 17.9. The summed E-state index contributed by atoms with van der Waals surface area (Å²) in [5, 5.41) is 14.0. The Morgan fingerprint density at radius 2 is 2.00 bits per heavy atom. The van der Waals surface area contributed by atoms with Gasteiger partial charge in [-0.1, -0.05) is 0 Å². The summed E-state index contributed by atoms with van der Waals surface area (Å²) in [6.07, 6.45) is 2.18. The summed E-state index contributed by atoms with van der Waals surface area (Å²) in [5.74, 6) is 1.95. The molecule has 0 saturated carbocycles. The molecule has 1 unspecified atom stereocenters. The first-order chi connectivity index (χ1) is 11.9. The molecule has 1 aliphatic rings. The third kappa shape index (κ3) is 5.02. The van der Waals surface area contributed by atoms with Gasteiger partial charge in [0.05, 0.1) is 23.8 Å². The lowest BCUT2D eigenvalue weighted by molar-refractivity contribution is 0.242. The summed E-state index contributed by atoms with van der Waals surface area (Å²) in [6, 6.07) is 7.32. The molecule has 3 rings (SSSR count). The molecule has 1 aromatic heterocycles. The molecule has 1 aliphatic heterocycles. The number of aromatic nitrogens is 3. The third-order valence-electron chi connectivity index (χ3n) is 3.63. The maximum atomic E-state index is 11.5. The van der Waals surface area contributed by atoms with Gasteiger partial charge in [-0.2, -0.15) is 10.1 Å². The minimum atomic E-state index is -2.94. The lowest BCUT2D eigenvalue weighted by Gasteiger charge is -2.12. The van der Waals surface area contributed by atoms with E-state index in [1.807, 2.05) is 38.1 Å². The Kier molecular flexibility index (Phi) is 5.03. The second-order valence-electron chi connectivity index (χ2n) is 6.23. The van der Waals surface area contributed by atoms with E-state index >= 15 is 0 Å². The van der Waals surface area contributed by atoms with Crippen molar-refractivity contribution in [3.63, 3.8) is 0 Å². The number of ether oxygens (including phenoxy) is 1. The minimum Gasteiger partial charge on any atom is -0.491 e. The van der Waals surface area contributed by atoms with Crippen LogP contribution in [0.3, 0.4) is 0 Å². The molecule has 2 heterocycles. The molecular formula is C16H21N5O3S. The van der Waals surface area contributed by atoms with E-state index in [1.165, 1.54) is 6.20 Å². The molecule has 0 aliphatic carbocycles. The van der Waals surface area contributed by atoms with Crippen LogP contribution in [0, 0.1) is 0 Å². The average Bonchev–Trinajstić information content (AvgIpc) is 2.88. The summed E-state index contributed by atoms with van der Waals surface area (Å²) < 4.78 is 28.6. The van der Waals surface area contributed by atoms with Gasteiger partial charge >= 0.3 is 0 Å². The van der Waals surface area contributed by atoms with Crippen LogP contribution in [0.4, 0.5) is 17.5 Å². The number of benzene rings is 1. The maximum absolute atomic E-state index is 11.5. The normalized spacial score (nSPS) is 18.9. The van der Waals surface area contributed by atoms with Crippen molar-refractivity contribution in [1.29, 1.82) is 0 Å². The second kappa shape index (κ2) is 7.22. The average molecular weight is 363 g/mol. The van der Waals surface area contributed by atoms with Crippen LogP contribution < -0.4 is 15.4 Å². The number of nitrogens with one attached hydrogen (secondary N) is 2. The van der Waals surface area contributed by atoms with Gasteiger partial charge in [0.2, 0.25) is 5.95 Å². The molecule has 9 heteroatoms. The molecule has 25 heavy (non-hydrogen) atoms. The number of nitrogens with zero attached hydrogens (tertiary/aromatic N) is 3. The van der Waals surface area contributed by atoms with Gasteiger partial charge in [-0.05, 0) is 44.5 Å². The van der Waals surface area contributed by atoms with Gasteiger partial charge in [0.1, 0.15) is 5.75 Å². The van der Waals surface area contributed by atoms with E-state index in [9.17, 15) is 8.42 Å². The van der Waals surface area contributed by atoms with E-state index in [1.54, 1.807) is 0 Å². The zero-order valence-electron chi connectivity index (χ0n) is 14.1. The summed E-state index contributed by atoms with van der Waals surface area (Å²) in [4.78, 5) is 4.33. The summed E-state index contributed by atoms with van der Waals surface area (Å²) >= 11 is 0. The number of sulfone groups is 1. The summed E-state index contributed by atoms with van der Waals surface area (Å²) in [7, 11) is -2.94. The number of rotatable bonds is 6. The van der Waals surface area contributed by atoms with Gasteiger partial charge in [-0.25, -0.2) is 8.42 Å². The lowest BCUT2D eigenvalue weighted by Crippen LogP contribution is -2.21. The monoisotopic (exact) mass is 363 g/mol. The first-order valence-electron chi connectivity index (χ1n) is 8.10. The summed E-state index contributed by atoms with van der Waals surface area (Å²) in [6.45, 7) is 3.94. The van der Waals surface area contributed by atoms with Crippen LogP contribution in [0.5, 0.6) is 5.75 Å². The van der Waals surface area contributed by atoms with Crippen LogP contribution in [0.25, 0.3) is 0 Å². The molecule has 2 N–H and O–H groups in total. The molecule has 0 spiro atoms. The Balaban J connectivity index is 1.63. The van der Waals surface area contributed by atoms with Crippen molar-refractivity contribution < 1.29 is 13.2 Å². The second-order valence-corrected chi connectivity index (χ2v) is 8.45. The third-order valence-corrected chi connectivity index (χ3v) is 5.39. The molecule has 1 atom stereocenters. The Bertz CT molecular complexity index is 824. The van der Waals surface area contributed by atoms with E-state index < -0.39 is 9.84 Å². The van der Waals surface area contributed by atoms with Gasteiger partial charge < -0.3 is 15.4 Å². The van der Waals surface area contributed by atoms with Crippen molar-refractivity contribution in [3.8, 4) is 5.75 Å². The van der Waals surface area contributed by atoms with Crippen molar-refractivity contribution >= 4 is 27.3 Å². The van der Waals surface area contributed by atoms with Gasteiger partial charge in [0.25, 0.3) is 0 Å². The van der Waals surface area contributed by atoms with E-state index in [0.717, 1.165) is 11.4 Å². The van der Waals surface area contributed by atoms with Crippen molar-refractivity contribution in [2.75, 3.05) is 22.1 Å². The van der Waals surface area contributed by atoms with Crippen LogP contribution in [0.2, 0.25) is 0 Å². The molecule has 2 aromatic rings. The molecule has 134 valence electrons. The zero-order valence-corrected chi connectivity index (χ0v) is 15.0. The molecule has 8 nitrogen and oxygen atoms in total. The molecule has 1 fully saturated rings. The lowest BCUT2D eigenvalue weighted by atomic mass is 10.3. The van der Waals surface area contributed by atoms with Crippen LogP contribution in [-0.2, 0) is 9.84 Å². The molecule has 0 bridgehead atoms. The smallest absolute Gasteiger partial charge is 0.249 e. The van der Waals surface area contributed by atoms with Gasteiger partial charge in [0, 0.05) is 11.7 Å². The van der Waals surface area contributed by atoms with Crippen molar-refractivity contribution in [1.82, 2.24) is 15.2 Å². The number of hydrogen-bond acceptors (Lipinski definition) is 8. The van der Waals surface area contributed by atoms with Crippen molar-refractivity contribution in [3.05, 3.63) is 30.5 Å². The fourth-order valence-electron chi connectivity index (χ4n) is 2.56. The van der Waals surface area contributed by atoms with Crippen LogP contribution >= 0.6 is 0 Å². The van der Waals surface area contributed by atoms with E-state index in [-0.39, 0.29) is 23.7 Å². The Hall–Kier alpha value is -2.42. The van der Waals surface area contributed by atoms with Gasteiger partial charge in [-0.3, -0.25) is 0 Å². The fraction of sp³-hybridized carbons (Fsp3) is 0.438. The van der Waals surface area contributed by atoms with E-state index in [4.69, 9.17) is 4.74 Å². The van der Waals surface area contributed by atoms with Gasteiger partial charge in [0.15, 0.2) is 15.7 Å². The van der Waals surface area contributed by atoms with E-state index in [2.05, 4.69) is 25.8 Å². The van der Waals surface area contributed by atoms with Crippen LogP contribution in [0.1, 0.15) is 20.3 Å². The molecule has 0 amide bonds. The highest BCUT2D eigenvalue weighted by molar-refractivity contribution is 7.91. The minimum absolute atomic E-state index is 0.119. The highest BCUT2D eigenvalue weighted by atomic mass is 32.2. The van der Waals surface area contributed by atoms with Crippen molar-refractivity contribution in [2.24, 2.45) is 0 Å². The SMILES string of the molecule is CC(C)Oc1ccc(Nc2nncc(NC3CCS(=O)(=O)C3)n2)cc1. The fourth-order valence-corrected chi connectivity index (χ4v) is 4.24. The topological polar surface area (TPSA) is 106 Å². The Morgan fingerprint density at radius 3 is 2.64 bits per heavy atom. The predicted octanol–water partition coefficient (Wildman–Crippen LogP) is 2.00. The van der Waals surface area contributed by atoms with Gasteiger partial charge in [-0.15, -0.1) is 5.10 Å². The molecule has 1 aromatic carbocycles. The highest BCUT2D eigenvalue weighted by Gasteiger charge is 2.28. The Morgan fingerprint density at radius 1 is 1.24 bits per heavy atom. The quantitative estimate of drug-likeness (QED) is 0.803. The first-order valence-corrected chi connectivity index (χ1v) is 9.92. The maximum Gasteiger partial charge on any atom is 0.249 e. The number of hydrogen-bond donors (Lipinski definition) is 2. The number of anilines is 3.